The van der Waals surface area contributed by atoms with E-state index in [1.54, 1.807) is 29.0 Å². The SMILES string of the molecule is O=C(Nc1nc(/C=C/c2cn3c(n2)CCC3)cs1)c1cccn1Cc1ccnc(F)c1. The Balaban J connectivity index is 1.25. The van der Waals surface area contributed by atoms with Gasteiger partial charge in [0.25, 0.3) is 5.91 Å². The highest BCUT2D eigenvalue weighted by Crippen LogP contribution is 2.20. The van der Waals surface area contributed by atoms with Crippen LogP contribution in [0.15, 0.2) is 48.2 Å². The summed E-state index contributed by atoms with van der Waals surface area (Å²) in [4.78, 5) is 25.4. The first-order chi connectivity index (χ1) is 15.1. The minimum Gasteiger partial charge on any atom is -0.339 e. The van der Waals surface area contributed by atoms with E-state index in [1.807, 2.05) is 17.5 Å². The maximum atomic E-state index is 13.3. The van der Waals surface area contributed by atoms with E-state index in [0.717, 1.165) is 42.2 Å². The normalized spacial score (nSPS) is 13.1. The van der Waals surface area contributed by atoms with Crippen molar-refractivity contribution in [3.63, 3.8) is 0 Å². The van der Waals surface area contributed by atoms with Crippen LogP contribution in [0.5, 0.6) is 0 Å². The highest BCUT2D eigenvalue weighted by Gasteiger charge is 2.14. The molecular formula is C22H19FN6OS. The van der Waals surface area contributed by atoms with Crippen LogP contribution >= 0.6 is 11.3 Å². The number of hydrogen-bond acceptors (Lipinski definition) is 5. The largest absolute Gasteiger partial charge is 0.339 e. The number of amides is 1. The lowest BCUT2D eigenvalue weighted by atomic mass is 10.2. The minimum absolute atomic E-state index is 0.269. The molecule has 1 aliphatic rings. The standard InChI is InChI=1S/C22H19FN6OS/c23-19-11-15(7-8-24-19)12-28-9-1-3-18(28)21(30)27-22-26-17(14-31-22)6-5-16-13-29-10-2-4-20(29)25-16/h1,3,5-9,11,13-14H,2,4,10,12H2,(H,26,27,30)/b6-5+. The fourth-order valence-electron chi connectivity index (χ4n) is 3.60. The van der Waals surface area contributed by atoms with E-state index < -0.39 is 5.95 Å². The maximum absolute atomic E-state index is 13.3. The lowest BCUT2D eigenvalue weighted by Crippen LogP contribution is -2.17. The van der Waals surface area contributed by atoms with Gasteiger partial charge in [-0.15, -0.1) is 11.3 Å². The fraction of sp³-hybridized carbons (Fsp3) is 0.182. The smallest absolute Gasteiger partial charge is 0.274 e. The van der Waals surface area contributed by atoms with Crippen molar-refractivity contribution < 1.29 is 9.18 Å². The Labute approximate surface area is 181 Å². The van der Waals surface area contributed by atoms with E-state index in [2.05, 4.69) is 31.0 Å². The summed E-state index contributed by atoms with van der Waals surface area (Å²) in [5.41, 5.74) is 2.87. The molecule has 0 saturated heterocycles. The predicted molar refractivity (Wildman–Crippen MR) is 117 cm³/mol. The molecule has 0 spiro atoms. The number of nitrogens with zero attached hydrogens (tertiary/aromatic N) is 5. The Morgan fingerprint density at radius 2 is 2.16 bits per heavy atom. The molecule has 0 unspecified atom stereocenters. The van der Waals surface area contributed by atoms with E-state index in [0.29, 0.717) is 17.4 Å². The molecule has 0 aliphatic carbocycles. The second-order valence-corrected chi connectivity index (χ2v) is 8.11. The third-order valence-electron chi connectivity index (χ3n) is 5.05. The number of thiazole rings is 1. The lowest BCUT2D eigenvalue weighted by molar-refractivity contribution is 0.101. The molecule has 4 aromatic heterocycles. The zero-order valence-electron chi connectivity index (χ0n) is 16.5. The summed E-state index contributed by atoms with van der Waals surface area (Å²) < 4.78 is 17.3. The van der Waals surface area contributed by atoms with Gasteiger partial charge in [0.15, 0.2) is 5.13 Å². The molecule has 0 bridgehead atoms. The summed E-state index contributed by atoms with van der Waals surface area (Å²) in [6.45, 7) is 1.40. The average molecular weight is 435 g/mol. The number of halogens is 1. The number of nitrogens with one attached hydrogen (secondary N) is 1. The van der Waals surface area contributed by atoms with Crippen LogP contribution < -0.4 is 5.32 Å². The molecule has 0 radical (unpaired) electrons. The van der Waals surface area contributed by atoms with E-state index in [1.165, 1.54) is 23.6 Å². The first-order valence-electron chi connectivity index (χ1n) is 9.91. The first kappa shape index (κ1) is 19.4. The van der Waals surface area contributed by atoms with Gasteiger partial charge in [0.05, 0.1) is 11.4 Å². The molecule has 31 heavy (non-hydrogen) atoms. The highest BCUT2D eigenvalue weighted by molar-refractivity contribution is 7.14. The molecule has 5 heterocycles. The molecule has 1 amide bonds. The van der Waals surface area contributed by atoms with Crippen LogP contribution in [0.4, 0.5) is 9.52 Å². The van der Waals surface area contributed by atoms with E-state index in [-0.39, 0.29) is 5.91 Å². The quantitative estimate of drug-likeness (QED) is 0.464. The van der Waals surface area contributed by atoms with Crippen LogP contribution in [0.2, 0.25) is 0 Å². The van der Waals surface area contributed by atoms with Crippen molar-refractivity contribution in [2.75, 3.05) is 5.32 Å². The molecular weight excluding hydrogens is 415 g/mol. The third-order valence-corrected chi connectivity index (χ3v) is 5.83. The predicted octanol–water partition coefficient (Wildman–Crippen LogP) is 4.09. The number of aryl methyl sites for hydroxylation is 2. The van der Waals surface area contributed by atoms with Crippen molar-refractivity contribution in [2.45, 2.75) is 25.9 Å². The van der Waals surface area contributed by atoms with Crippen molar-refractivity contribution >= 4 is 34.5 Å². The van der Waals surface area contributed by atoms with Crippen LogP contribution in [0.3, 0.4) is 0 Å². The van der Waals surface area contributed by atoms with Gasteiger partial charge < -0.3 is 9.13 Å². The van der Waals surface area contributed by atoms with Crippen molar-refractivity contribution in [3.8, 4) is 0 Å². The van der Waals surface area contributed by atoms with Gasteiger partial charge in [0.1, 0.15) is 11.5 Å². The molecule has 0 fully saturated rings. The molecule has 0 atom stereocenters. The maximum Gasteiger partial charge on any atom is 0.274 e. The first-order valence-corrected chi connectivity index (χ1v) is 10.8. The van der Waals surface area contributed by atoms with E-state index in [9.17, 15) is 9.18 Å². The molecule has 156 valence electrons. The second-order valence-electron chi connectivity index (χ2n) is 7.25. The van der Waals surface area contributed by atoms with Gasteiger partial charge in [0, 0.05) is 43.5 Å². The topological polar surface area (TPSA) is 77.6 Å². The van der Waals surface area contributed by atoms with E-state index in [4.69, 9.17) is 0 Å². The number of anilines is 1. The number of pyridine rings is 1. The summed E-state index contributed by atoms with van der Waals surface area (Å²) >= 11 is 1.36. The Kier molecular flexibility index (Phi) is 5.17. The van der Waals surface area contributed by atoms with Crippen LogP contribution in [0, 0.1) is 5.95 Å². The van der Waals surface area contributed by atoms with Gasteiger partial charge in [-0.1, -0.05) is 0 Å². The van der Waals surface area contributed by atoms with Gasteiger partial charge in [-0.25, -0.2) is 15.0 Å². The monoisotopic (exact) mass is 434 g/mol. The zero-order valence-corrected chi connectivity index (χ0v) is 17.3. The van der Waals surface area contributed by atoms with Crippen molar-refractivity contribution in [3.05, 3.63) is 82.7 Å². The van der Waals surface area contributed by atoms with Gasteiger partial charge >= 0.3 is 0 Å². The molecule has 9 heteroatoms. The molecule has 5 rings (SSSR count). The highest BCUT2D eigenvalue weighted by atomic mass is 32.1. The number of hydrogen-bond donors (Lipinski definition) is 1. The number of rotatable bonds is 6. The van der Waals surface area contributed by atoms with E-state index >= 15 is 0 Å². The number of carbonyl (C=O) groups excluding carboxylic acids is 1. The fourth-order valence-corrected chi connectivity index (χ4v) is 4.28. The number of imidazole rings is 1. The number of aromatic nitrogens is 5. The Bertz CT molecular complexity index is 1250. The summed E-state index contributed by atoms with van der Waals surface area (Å²) in [5, 5.41) is 5.24. The Morgan fingerprint density at radius 1 is 1.26 bits per heavy atom. The van der Waals surface area contributed by atoms with Gasteiger partial charge in [-0.3, -0.25) is 10.1 Å². The Hall–Kier alpha value is -3.59. The van der Waals surface area contributed by atoms with Crippen molar-refractivity contribution in [1.29, 1.82) is 0 Å². The molecule has 4 aromatic rings. The second kappa shape index (κ2) is 8.27. The molecule has 1 aliphatic heterocycles. The van der Waals surface area contributed by atoms with Crippen molar-refractivity contribution in [1.82, 2.24) is 24.1 Å². The number of carbonyl (C=O) groups is 1. The van der Waals surface area contributed by atoms with Crippen LogP contribution in [0.1, 0.15) is 39.7 Å². The third kappa shape index (κ3) is 4.31. The number of fused-ring (bicyclic) bond motifs is 1. The minimum atomic E-state index is -0.542. The van der Waals surface area contributed by atoms with Gasteiger partial charge in [-0.2, -0.15) is 4.39 Å². The van der Waals surface area contributed by atoms with Gasteiger partial charge in [0.2, 0.25) is 5.95 Å². The summed E-state index contributed by atoms with van der Waals surface area (Å²) in [6.07, 6.45) is 11.3. The molecule has 7 nitrogen and oxygen atoms in total. The molecule has 0 saturated carbocycles. The Morgan fingerprint density at radius 3 is 3.03 bits per heavy atom. The zero-order chi connectivity index (χ0) is 21.2. The molecule has 1 N–H and O–H groups in total. The van der Waals surface area contributed by atoms with Crippen LogP contribution in [-0.2, 0) is 19.5 Å². The summed E-state index contributed by atoms with van der Waals surface area (Å²) in [5.74, 6) is 0.317. The molecule has 0 aromatic carbocycles. The van der Waals surface area contributed by atoms with Crippen LogP contribution in [0.25, 0.3) is 12.2 Å². The lowest BCUT2D eigenvalue weighted by Gasteiger charge is -2.09. The summed E-state index contributed by atoms with van der Waals surface area (Å²) in [7, 11) is 0. The van der Waals surface area contributed by atoms with Crippen molar-refractivity contribution in [2.24, 2.45) is 0 Å². The average Bonchev–Trinajstić information content (AvgIpc) is 3.51. The van der Waals surface area contributed by atoms with Crippen LogP contribution in [-0.4, -0.2) is 30.0 Å². The summed E-state index contributed by atoms with van der Waals surface area (Å²) in [6, 6.07) is 6.58. The van der Waals surface area contributed by atoms with Gasteiger partial charge in [-0.05, 0) is 48.4 Å².